The van der Waals surface area contributed by atoms with E-state index in [0.717, 1.165) is 11.8 Å². The van der Waals surface area contributed by atoms with Crippen molar-refractivity contribution in [3.63, 3.8) is 0 Å². The van der Waals surface area contributed by atoms with Crippen LogP contribution < -0.4 is 0 Å². The van der Waals surface area contributed by atoms with Gasteiger partial charge in [0.05, 0.1) is 0 Å². The molecule has 0 aliphatic rings. The summed E-state index contributed by atoms with van der Waals surface area (Å²) >= 11 is 0. The maximum atomic E-state index is 2.54. The molecule has 0 aromatic heterocycles. The predicted octanol–water partition coefficient (Wildman–Crippen LogP) is 6.01. The summed E-state index contributed by atoms with van der Waals surface area (Å²) in [7, 11) is 0. The van der Waals surface area contributed by atoms with E-state index in [4.69, 9.17) is 0 Å². The first-order valence-corrected chi connectivity index (χ1v) is 7.63. The Hall–Kier alpha value is 0. The zero-order chi connectivity index (χ0) is 12.2. The topological polar surface area (TPSA) is 0 Å². The normalized spacial score (nSPS) is 15.0. The maximum Gasteiger partial charge on any atom is -0.0355 e. The zero-order valence-electron chi connectivity index (χ0n) is 12.1. The molecule has 0 heteroatoms. The first kappa shape index (κ1) is 16.0. The summed E-state index contributed by atoms with van der Waals surface area (Å²) in [4.78, 5) is 0. The summed E-state index contributed by atoms with van der Waals surface area (Å²) in [6, 6.07) is 0. The van der Waals surface area contributed by atoms with Gasteiger partial charge in [-0.3, -0.25) is 0 Å². The van der Waals surface area contributed by atoms with Crippen LogP contribution in [0.5, 0.6) is 0 Å². The Labute approximate surface area is 104 Å². The lowest BCUT2D eigenvalue weighted by molar-refractivity contribution is 0.314. The molecule has 0 aromatic rings. The van der Waals surface area contributed by atoms with Crippen LogP contribution in [0.2, 0.25) is 0 Å². The van der Waals surface area contributed by atoms with Crippen LogP contribution in [0, 0.1) is 18.3 Å². The summed E-state index contributed by atoms with van der Waals surface area (Å²) in [6.45, 7) is 9.27. The Bertz CT molecular complexity index is 128. The lowest BCUT2D eigenvalue weighted by Crippen LogP contribution is -2.14. The molecule has 0 fully saturated rings. The minimum Gasteiger partial charge on any atom is -0.0654 e. The van der Waals surface area contributed by atoms with Crippen molar-refractivity contribution in [2.24, 2.45) is 11.8 Å². The summed E-state index contributed by atoms with van der Waals surface area (Å²) in [5.41, 5.74) is 0. The van der Waals surface area contributed by atoms with E-state index in [1.165, 1.54) is 57.8 Å². The van der Waals surface area contributed by atoms with E-state index < -0.39 is 0 Å². The smallest absolute Gasteiger partial charge is 0.0355 e. The number of unbranched alkanes of at least 4 members (excludes halogenated alkanes) is 4. The molecule has 2 atom stereocenters. The quantitative estimate of drug-likeness (QED) is 0.377. The number of rotatable bonds is 11. The number of hydrogen-bond donors (Lipinski definition) is 0. The first-order valence-electron chi connectivity index (χ1n) is 7.63. The monoisotopic (exact) mass is 225 g/mol. The van der Waals surface area contributed by atoms with Crippen LogP contribution in [0.15, 0.2) is 0 Å². The predicted molar refractivity (Wildman–Crippen MR) is 75.5 cm³/mol. The third-order valence-corrected chi connectivity index (χ3v) is 3.82. The van der Waals surface area contributed by atoms with E-state index in [0.29, 0.717) is 0 Å². The maximum absolute atomic E-state index is 2.54. The SMILES string of the molecule is CC[CH]C(CC)C(CC)CCCCCCC. The summed E-state index contributed by atoms with van der Waals surface area (Å²) in [5.74, 6) is 1.83. The third-order valence-electron chi connectivity index (χ3n) is 3.82. The van der Waals surface area contributed by atoms with Gasteiger partial charge >= 0.3 is 0 Å². The Morgan fingerprint density at radius 3 is 2.00 bits per heavy atom. The fourth-order valence-corrected chi connectivity index (χ4v) is 2.73. The lowest BCUT2D eigenvalue weighted by Gasteiger charge is -2.24. The fourth-order valence-electron chi connectivity index (χ4n) is 2.73. The van der Waals surface area contributed by atoms with Gasteiger partial charge in [0.25, 0.3) is 0 Å². The highest BCUT2D eigenvalue weighted by Crippen LogP contribution is 2.28. The van der Waals surface area contributed by atoms with E-state index in [-0.39, 0.29) is 0 Å². The van der Waals surface area contributed by atoms with E-state index >= 15 is 0 Å². The highest BCUT2D eigenvalue weighted by Gasteiger charge is 2.16. The van der Waals surface area contributed by atoms with Crippen molar-refractivity contribution in [2.75, 3.05) is 0 Å². The van der Waals surface area contributed by atoms with Crippen LogP contribution in [0.1, 0.15) is 85.5 Å². The van der Waals surface area contributed by atoms with Gasteiger partial charge in [0.15, 0.2) is 0 Å². The van der Waals surface area contributed by atoms with Crippen LogP contribution >= 0.6 is 0 Å². The third kappa shape index (κ3) is 7.30. The van der Waals surface area contributed by atoms with E-state index in [1.807, 2.05) is 0 Å². The Kier molecular flexibility index (Phi) is 11.5. The van der Waals surface area contributed by atoms with Gasteiger partial charge in [-0.25, -0.2) is 0 Å². The average Bonchev–Trinajstić information content (AvgIpc) is 2.31. The second-order valence-corrected chi connectivity index (χ2v) is 5.09. The number of hydrogen-bond acceptors (Lipinski definition) is 0. The zero-order valence-corrected chi connectivity index (χ0v) is 12.1. The molecule has 0 aromatic carbocycles. The molecule has 1 radical (unpaired) electrons. The van der Waals surface area contributed by atoms with Crippen LogP contribution in [0.3, 0.4) is 0 Å². The largest absolute Gasteiger partial charge is 0.0654 e. The van der Waals surface area contributed by atoms with Gasteiger partial charge in [0.2, 0.25) is 0 Å². The van der Waals surface area contributed by atoms with E-state index in [9.17, 15) is 0 Å². The van der Waals surface area contributed by atoms with Gasteiger partial charge in [0.1, 0.15) is 0 Å². The molecule has 97 valence electrons. The highest BCUT2D eigenvalue weighted by molar-refractivity contribution is 4.79. The van der Waals surface area contributed by atoms with Crippen molar-refractivity contribution in [3.8, 4) is 0 Å². The average molecular weight is 225 g/mol. The molecule has 0 saturated carbocycles. The summed E-state index contributed by atoms with van der Waals surface area (Å²) in [5, 5.41) is 0. The van der Waals surface area contributed by atoms with Gasteiger partial charge in [-0.1, -0.05) is 85.5 Å². The molecule has 2 unspecified atom stereocenters. The van der Waals surface area contributed by atoms with Crippen molar-refractivity contribution >= 4 is 0 Å². The molecule has 0 bridgehead atoms. The molecular formula is C16H33. The van der Waals surface area contributed by atoms with Crippen molar-refractivity contribution in [1.29, 1.82) is 0 Å². The minimum absolute atomic E-state index is 0.876. The fraction of sp³-hybridized carbons (Fsp3) is 0.938. The van der Waals surface area contributed by atoms with E-state index in [2.05, 4.69) is 34.1 Å². The lowest BCUT2D eigenvalue weighted by atomic mass is 9.81. The van der Waals surface area contributed by atoms with Crippen LogP contribution in [-0.2, 0) is 0 Å². The Balaban J connectivity index is 3.70. The molecule has 0 rings (SSSR count). The van der Waals surface area contributed by atoms with E-state index in [1.54, 1.807) is 0 Å². The van der Waals surface area contributed by atoms with Crippen LogP contribution in [-0.4, -0.2) is 0 Å². The molecule has 0 aliphatic heterocycles. The van der Waals surface area contributed by atoms with Crippen molar-refractivity contribution in [2.45, 2.75) is 85.5 Å². The summed E-state index contributed by atoms with van der Waals surface area (Å²) < 4.78 is 0. The second-order valence-electron chi connectivity index (χ2n) is 5.09. The van der Waals surface area contributed by atoms with Gasteiger partial charge in [-0.05, 0) is 18.3 Å². The molecule has 0 nitrogen and oxygen atoms in total. The Morgan fingerprint density at radius 2 is 1.50 bits per heavy atom. The first-order chi connectivity index (χ1) is 7.79. The summed E-state index contributed by atoms with van der Waals surface area (Å²) in [6.07, 6.45) is 15.1. The van der Waals surface area contributed by atoms with Gasteiger partial charge in [-0.15, -0.1) is 0 Å². The molecule has 0 aliphatic carbocycles. The molecule has 0 heterocycles. The van der Waals surface area contributed by atoms with Crippen LogP contribution in [0.25, 0.3) is 0 Å². The standard InChI is InChI=1S/C16H33/c1-5-9-10-11-12-14-16(8-4)15(7-3)13-6-2/h13,15-16H,5-12,14H2,1-4H3. The Morgan fingerprint density at radius 1 is 0.812 bits per heavy atom. The molecule has 16 heavy (non-hydrogen) atoms. The molecule has 0 spiro atoms. The van der Waals surface area contributed by atoms with Crippen LogP contribution in [0.4, 0.5) is 0 Å². The molecule has 0 amide bonds. The molecule has 0 N–H and O–H groups in total. The second kappa shape index (κ2) is 11.5. The van der Waals surface area contributed by atoms with Crippen molar-refractivity contribution in [1.82, 2.24) is 0 Å². The molecule has 0 saturated heterocycles. The van der Waals surface area contributed by atoms with Gasteiger partial charge < -0.3 is 0 Å². The van der Waals surface area contributed by atoms with Crippen molar-refractivity contribution in [3.05, 3.63) is 6.42 Å². The van der Waals surface area contributed by atoms with Gasteiger partial charge in [0, 0.05) is 0 Å². The van der Waals surface area contributed by atoms with Gasteiger partial charge in [-0.2, -0.15) is 0 Å². The molecular weight excluding hydrogens is 192 g/mol. The minimum atomic E-state index is 0.876. The van der Waals surface area contributed by atoms with Crippen molar-refractivity contribution < 1.29 is 0 Å². The highest BCUT2D eigenvalue weighted by atomic mass is 14.2.